The van der Waals surface area contributed by atoms with Crippen LogP contribution in [0.1, 0.15) is 32.6 Å². The third-order valence-electron chi connectivity index (χ3n) is 5.76. The number of hydrogen-bond acceptors (Lipinski definition) is 6. The van der Waals surface area contributed by atoms with Crippen LogP contribution in [-0.4, -0.2) is 59.2 Å². The molecule has 0 bridgehead atoms. The van der Waals surface area contributed by atoms with Crippen LogP contribution in [0.15, 0.2) is 30.5 Å². The molecule has 0 aliphatic carbocycles. The Morgan fingerprint density at radius 2 is 2.00 bits per heavy atom. The first kappa shape index (κ1) is 20.7. The van der Waals surface area contributed by atoms with Crippen LogP contribution in [0, 0.1) is 5.92 Å². The van der Waals surface area contributed by atoms with Crippen LogP contribution in [-0.2, 0) is 4.79 Å². The van der Waals surface area contributed by atoms with Crippen molar-refractivity contribution in [3.63, 3.8) is 0 Å². The van der Waals surface area contributed by atoms with Gasteiger partial charge in [-0.1, -0.05) is 24.7 Å². The number of imidazole rings is 1. The molecule has 2 aromatic heterocycles. The van der Waals surface area contributed by atoms with Gasteiger partial charge in [-0.15, -0.1) is 5.10 Å². The van der Waals surface area contributed by atoms with Gasteiger partial charge in [0.25, 0.3) is 0 Å². The largest absolute Gasteiger partial charge is 0.497 e. The van der Waals surface area contributed by atoms with Crippen molar-refractivity contribution in [1.82, 2.24) is 19.5 Å². The molecular weight excluding hydrogens is 398 g/mol. The first-order valence-corrected chi connectivity index (χ1v) is 11.4. The van der Waals surface area contributed by atoms with Crippen LogP contribution in [0.3, 0.4) is 0 Å². The average molecular weight is 428 g/mol. The second kappa shape index (κ2) is 9.04. The Morgan fingerprint density at radius 1 is 1.27 bits per heavy atom. The number of anilines is 1. The molecule has 1 saturated heterocycles. The van der Waals surface area contributed by atoms with Gasteiger partial charge in [-0.25, -0.2) is 9.50 Å². The number of carbonyl (C=O) groups is 1. The molecule has 160 valence electrons. The second-order valence-electron chi connectivity index (χ2n) is 7.84. The molecule has 1 amide bonds. The van der Waals surface area contributed by atoms with E-state index in [0.29, 0.717) is 5.91 Å². The van der Waals surface area contributed by atoms with E-state index in [2.05, 4.69) is 11.8 Å². The van der Waals surface area contributed by atoms with E-state index >= 15 is 0 Å². The Balaban J connectivity index is 1.39. The van der Waals surface area contributed by atoms with Gasteiger partial charge in [-0.3, -0.25) is 4.79 Å². The van der Waals surface area contributed by atoms with Crippen LogP contribution >= 0.6 is 11.3 Å². The van der Waals surface area contributed by atoms with Crippen LogP contribution in [0.2, 0.25) is 0 Å². The smallest absolute Gasteiger partial charge is 0.225 e. The van der Waals surface area contributed by atoms with E-state index in [9.17, 15) is 4.79 Å². The molecule has 0 saturated carbocycles. The molecular formula is C22H29N5O2S. The quantitative estimate of drug-likeness (QED) is 0.571. The Morgan fingerprint density at radius 3 is 2.63 bits per heavy atom. The highest BCUT2D eigenvalue weighted by Gasteiger charge is 2.28. The van der Waals surface area contributed by atoms with Gasteiger partial charge in [0.15, 0.2) is 0 Å². The molecule has 30 heavy (non-hydrogen) atoms. The predicted molar refractivity (Wildman–Crippen MR) is 120 cm³/mol. The van der Waals surface area contributed by atoms with Crippen molar-refractivity contribution in [2.45, 2.75) is 32.6 Å². The zero-order valence-electron chi connectivity index (χ0n) is 17.9. The molecule has 0 radical (unpaired) electrons. The summed E-state index contributed by atoms with van der Waals surface area (Å²) in [6.45, 7) is 4.73. The summed E-state index contributed by atoms with van der Waals surface area (Å²) in [6.07, 6.45) is 5.92. The molecule has 0 N–H and O–H groups in total. The van der Waals surface area contributed by atoms with Crippen molar-refractivity contribution < 1.29 is 9.53 Å². The van der Waals surface area contributed by atoms with Crippen molar-refractivity contribution in [3.8, 4) is 17.0 Å². The molecule has 4 rings (SSSR count). The number of nitrogens with zero attached hydrogens (tertiary/aromatic N) is 5. The predicted octanol–water partition coefficient (Wildman–Crippen LogP) is 3.94. The van der Waals surface area contributed by atoms with Crippen LogP contribution in [0.25, 0.3) is 16.2 Å². The minimum Gasteiger partial charge on any atom is -0.497 e. The standard InChI is InChI=1S/C22H29N5O2S/c1-4-5-12-25(2)20(28)17-10-13-26(14-11-17)22-24-27-15-19(23-21(27)30-22)16-6-8-18(29-3)9-7-16/h6-9,15,17H,4-5,10-14H2,1-3H3. The Kier molecular flexibility index (Phi) is 6.22. The van der Waals surface area contributed by atoms with Crippen LogP contribution < -0.4 is 9.64 Å². The van der Waals surface area contributed by atoms with Crippen molar-refractivity contribution >= 4 is 27.3 Å². The molecule has 0 spiro atoms. The number of carbonyl (C=O) groups excluding carboxylic acids is 1. The number of rotatable bonds is 7. The topological polar surface area (TPSA) is 63.0 Å². The van der Waals surface area contributed by atoms with Crippen LogP contribution in [0.4, 0.5) is 5.13 Å². The maximum Gasteiger partial charge on any atom is 0.225 e. The summed E-state index contributed by atoms with van der Waals surface area (Å²) >= 11 is 1.60. The number of amides is 1. The number of benzene rings is 1. The Hall–Kier alpha value is -2.61. The molecule has 1 aromatic carbocycles. The van der Waals surface area contributed by atoms with Crippen molar-refractivity contribution in [3.05, 3.63) is 30.5 Å². The molecule has 8 heteroatoms. The summed E-state index contributed by atoms with van der Waals surface area (Å²) in [5, 5.41) is 5.72. The SMILES string of the molecule is CCCCN(C)C(=O)C1CCN(c2nn3cc(-c4ccc(OC)cc4)nc3s2)CC1. The van der Waals surface area contributed by atoms with Gasteiger partial charge in [-0.2, -0.15) is 0 Å². The summed E-state index contributed by atoms with van der Waals surface area (Å²) in [6, 6.07) is 7.89. The van der Waals surface area contributed by atoms with Crippen LogP contribution in [0.5, 0.6) is 5.75 Å². The third-order valence-corrected chi connectivity index (χ3v) is 6.74. The monoisotopic (exact) mass is 427 g/mol. The lowest BCUT2D eigenvalue weighted by atomic mass is 9.95. The highest BCUT2D eigenvalue weighted by molar-refractivity contribution is 7.20. The van der Waals surface area contributed by atoms with E-state index < -0.39 is 0 Å². The van der Waals surface area contributed by atoms with E-state index in [1.807, 2.05) is 46.9 Å². The number of unbranched alkanes of at least 4 members (excludes halogenated alkanes) is 1. The van der Waals surface area contributed by atoms with Crippen molar-refractivity contribution in [1.29, 1.82) is 0 Å². The van der Waals surface area contributed by atoms with E-state index in [4.69, 9.17) is 14.8 Å². The van der Waals surface area contributed by atoms with E-state index in [1.165, 1.54) is 0 Å². The average Bonchev–Trinajstić information content (AvgIpc) is 3.36. The maximum atomic E-state index is 12.6. The molecule has 3 heterocycles. The fourth-order valence-electron chi connectivity index (χ4n) is 3.85. The number of piperidine rings is 1. The number of aromatic nitrogens is 3. The van der Waals surface area contributed by atoms with Gasteiger partial charge >= 0.3 is 0 Å². The molecule has 1 aliphatic heterocycles. The lowest BCUT2D eigenvalue weighted by Crippen LogP contribution is -2.41. The Labute approximate surface area is 181 Å². The number of methoxy groups -OCH3 is 1. The van der Waals surface area contributed by atoms with Gasteiger partial charge in [-0.05, 0) is 43.5 Å². The lowest BCUT2D eigenvalue weighted by molar-refractivity contribution is -0.134. The molecule has 1 fully saturated rings. The molecule has 1 aliphatic rings. The zero-order valence-corrected chi connectivity index (χ0v) is 18.7. The number of ether oxygens (including phenoxy) is 1. The molecule has 0 atom stereocenters. The van der Waals surface area contributed by atoms with E-state index in [0.717, 1.165) is 72.4 Å². The minimum absolute atomic E-state index is 0.133. The summed E-state index contributed by atoms with van der Waals surface area (Å²) in [5.41, 5.74) is 1.95. The summed E-state index contributed by atoms with van der Waals surface area (Å²) < 4.78 is 7.08. The zero-order chi connectivity index (χ0) is 21.1. The Bertz CT molecular complexity index is 957. The van der Waals surface area contributed by atoms with Gasteiger partial charge in [0.05, 0.1) is 19.0 Å². The maximum absolute atomic E-state index is 12.6. The highest BCUT2D eigenvalue weighted by Crippen LogP contribution is 2.30. The van der Waals surface area contributed by atoms with Gasteiger partial charge in [0, 0.05) is 38.2 Å². The van der Waals surface area contributed by atoms with Gasteiger partial charge in [0.1, 0.15) is 5.75 Å². The summed E-state index contributed by atoms with van der Waals surface area (Å²) in [5.74, 6) is 1.26. The van der Waals surface area contributed by atoms with Crippen molar-refractivity contribution in [2.75, 3.05) is 38.7 Å². The normalized spacial score (nSPS) is 15.0. The van der Waals surface area contributed by atoms with Crippen molar-refractivity contribution in [2.24, 2.45) is 5.92 Å². The fraction of sp³-hybridized carbons (Fsp3) is 0.500. The lowest BCUT2D eigenvalue weighted by Gasteiger charge is -2.32. The summed E-state index contributed by atoms with van der Waals surface area (Å²) in [4.78, 5) is 22.4. The first-order valence-electron chi connectivity index (χ1n) is 10.6. The minimum atomic E-state index is 0.133. The summed E-state index contributed by atoms with van der Waals surface area (Å²) in [7, 11) is 3.59. The fourth-order valence-corrected chi connectivity index (χ4v) is 4.79. The van der Waals surface area contributed by atoms with E-state index in [-0.39, 0.29) is 5.92 Å². The second-order valence-corrected chi connectivity index (χ2v) is 8.78. The first-order chi connectivity index (χ1) is 14.6. The molecule has 0 unspecified atom stereocenters. The van der Waals surface area contributed by atoms with Gasteiger partial charge < -0.3 is 14.5 Å². The van der Waals surface area contributed by atoms with Gasteiger partial charge in [0.2, 0.25) is 16.0 Å². The molecule has 3 aromatic rings. The highest BCUT2D eigenvalue weighted by atomic mass is 32.1. The molecule has 7 nitrogen and oxygen atoms in total. The number of hydrogen-bond donors (Lipinski definition) is 0. The third kappa shape index (κ3) is 4.28. The van der Waals surface area contributed by atoms with E-state index in [1.54, 1.807) is 18.4 Å². The number of fused-ring (bicyclic) bond motifs is 1.